The van der Waals surface area contributed by atoms with Crippen LogP contribution in [0.2, 0.25) is 5.02 Å². The third kappa shape index (κ3) is 2.06. The molecule has 1 aromatic heterocycles. The van der Waals surface area contributed by atoms with Gasteiger partial charge in [0, 0.05) is 5.02 Å². The van der Waals surface area contributed by atoms with Crippen molar-refractivity contribution in [1.29, 1.82) is 0 Å². The van der Waals surface area contributed by atoms with Crippen molar-refractivity contribution in [3.8, 4) is 11.8 Å². The molecule has 0 saturated heterocycles. The lowest BCUT2D eigenvalue weighted by molar-refractivity contribution is 0.323. The molecule has 72 valence electrons. The highest BCUT2D eigenvalue weighted by Crippen LogP contribution is 2.22. The van der Waals surface area contributed by atoms with Gasteiger partial charge in [-0.1, -0.05) is 11.6 Å². The van der Waals surface area contributed by atoms with Gasteiger partial charge in [-0.3, -0.25) is 0 Å². The van der Waals surface area contributed by atoms with E-state index in [0.717, 1.165) is 0 Å². The maximum atomic E-state index is 5.72. The highest BCUT2D eigenvalue weighted by atomic mass is 35.5. The minimum Gasteiger partial charge on any atom is -0.414 e. The SMILES string of the molecule is Cc1cnc(Oc2ccc(Cl)cc2)o1. The van der Waals surface area contributed by atoms with E-state index in [4.69, 9.17) is 20.8 Å². The summed E-state index contributed by atoms with van der Waals surface area (Å²) in [5, 5.41) is 0.668. The number of oxazole rings is 1. The Morgan fingerprint density at radius 3 is 2.57 bits per heavy atom. The predicted octanol–water partition coefficient (Wildman–Crippen LogP) is 3.43. The van der Waals surface area contributed by atoms with E-state index in [-0.39, 0.29) is 6.08 Å². The Kier molecular flexibility index (Phi) is 2.41. The summed E-state index contributed by atoms with van der Waals surface area (Å²) in [5.41, 5.74) is 0. The molecule has 0 atom stereocenters. The summed E-state index contributed by atoms with van der Waals surface area (Å²) in [7, 11) is 0. The van der Waals surface area contributed by atoms with Gasteiger partial charge in [-0.15, -0.1) is 0 Å². The Balaban J connectivity index is 2.15. The Morgan fingerprint density at radius 1 is 1.29 bits per heavy atom. The highest BCUT2D eigenvalue weighted by molar-refractivity contribution is 6.30. The monoisotopic (exact) mass is 209 g/mol. The van der Waals surface area contributed by atoms with Crippen LogP contribution in [0.3, 0.4) is 0 Å². The quantitative estimate of drug-likeness (QED) is 0.760. The number of rotatable bonds is 2. The molecule has 0 saturated carbocycles. The van der Waals surface area contributed by atoms with Crippen molar-refractivity contribution in [3.63, 3.8) is 0 Å². The molecule has 14 heavy (non-hydrogen) atoms. The van der Waals surface area contributed by atoms with Gasteiger partial charge >= 0.3 is 6.08 Å². The highest BCUT2D eigenvalue weighted by Gasteiger charge is 2.02. The van der Waals surface area contributed by atoms with Crippen molar-refractivity contribution in [1.82, 2.24) is 4.98 Å². The topological polar surface area (TPSA) is 35.3 Å². The third-order valence-corrected chi connectivity index (χ3v) is 1.87. The predicted molar refractivity (Wildman–Crippen MR) is 52.8 cm³/mol. The molecule has 0 spiro atoms. The molecule has 0 aliphatic rings. The second-order valence-electron chi connectivity index (χ2n) is 2.79. The molecule has 0 aliphatic carbocycles. The van der Waals surface area contributed by atoms with Gasteiger partial charge < -0.3 is 9.15 Å². The Bertz CT molecular complexity index is 422. The van der Waals surface area contributed by atoms with Gasteiger partial charge in [-0.05, 0) is 31.2 Å². The number of hydrogen-bond acceptors (Lipinski definition) is 3. The van der Waals surface area contributed by atoms with E-state index in [1.807, 2.05) is 6.92 Å². The van der Waals surface area contributed by atoms with Gasteiger partial charge in [-0.2, -0.15) is 4.98 Å². The van der Waals surface area contributed by atoms with E-state index in [2.05, 4.69) is 4.98 Å². The molecular weight excluding hydrogens is 202 g/mol. The second-order valence-corrected chi connectivity index (χ2v) is 3.23. The Labute approximate surface area is 86.3 Å². The second kappa shape index (κ2) is 3.72. The summed E-state index contributed by atoms with van der Waals surface area (Å²) in [5.74, 6) is 1.37. The first kappa shape index (κ1) is 9.09. The number of ether oxygens (including phenoxy) is 1. The smallest absolute Gasteiger partial charge is 0.399 e. The van der Waals surface area contributed by atoms with Crippen LogP contribution in [0, 0.1) is 6.92 Å². The molecular formula is C10H8ClNO2. The number of halogens is 1. The molecule has 2 aromatic rings. The van der Waals surface area contributed by atoms with E-state index in [1.54, 1.807) is 30.5 Å². The molecule has 0 N–H and O–H groups in total. The van der Waals surface area contributed by atoms with Crippen molar-refractivity contribution in [2.24, 2.45) is 0 Å². The van der Waals surface area contributed by atoms with E-state index >= 15 is 0 Å². The van der Waals surface area contributed by atoms with Gasteiger partial charge in [0.05, 0.1) is 6.20 Å². The van der Waals surface area contributed by atoms with E-state index in [9.17, 15) is 0 Å². The normalized spacial score (nSPS) is 10.1. The van der Waals surface area contributed by atoms with Crippen LogP contribution in [-0.2, 0) is 0 Å². The van der Waals surface area contributed by atoms with E-state index < -0.39 is 0 Å². The minimum absolute atomic E-state index is 0.241. The maximum Gasteiger partial charge on any atom is 0.399 e. The van der Waals surface area contributed by atoms with Gasteiger partial charge in [-0.25, -0.2) is 0 Å². The maximum absolute atomic E-state index is 5.72. The lowest BCUT2D eigenvalue weighted by atomic mass is 10.3. The van der Waals surface area contributed by atoms with Crippen LogP contribution in [0.1, 0.15) is 5.76 Å². The summed E-state index contributed by atoms with van der Waals surface area (Å²) in [6.45, 7) is 1.81. The first-order valence-corrected chi connectivity index (χ1v) is 4.48. The fourth-order valence-corrected chi connectivity index (χ4v) is 1.11. The van der Waals surface area contributed by atoms with Crippen molar-refractivity contribution in [2.75, 3.05) is 0 Å². The van der Waals surface area contributed by atoms with E-state index in [0.29, 0.717) is 16.5 Å². The summed E-state index contributed by atoms with van der Waals surface area (Å²) in [6, 6.07) is 6.99. The van der Waals surface area contributed by atoms with Crippen molar-refractivity contribution in [3.05, 3.63) is 41.2 Å². The molecule has 3 nitrogen and oxygen atoms in total. The lowest BCUT2D eigenvalue weighted by Crippen LogP contribution is -1.82. The standard InChI is InChI=1S/C10H8ClNO2/c1-7-6-12-10(13-7)14-9-4-2-8(11)3-5-9/h2-6H,1H3. The molecule has 0 aliphatic heterocycles. The first-order valence-electron chi connectivity index (χ1n) is 4.10. The average Bonchev–Trinajstić information content (AvgIpc) is 2.56. The fourth-order valence-electron chi connectivity index (χ4n) is 0.985. The van der Waals surface area contributed by atoms with Crippen LogP contribution in [0.5, 0.6) is 11.8 Å². The summed E-state index contributed by atoms with van der Waals surface area (Å²) >= 11 is 5.72. The van der Waals surface area contributed by atoms with Crippen LogP contribution in [0.25, 0.3) is 0 Å². The Morgan fingerprint density at radius 2 is 2.00 bits per heavy atom. The van der Waals surface area contributed by atoms with Gasteiger partial charge in [0.2, 0.25) is 0 Å². The zero-order chi connectivity index (χ0) is 9.97. The number of aromatic nitrogens is 1. The molecule has 0 amide bonds. The fraction of sp³-hybridized carbons (Fsp3) is 0.100. The molecule has 0 bridgehead atoms. The van der Waals surface area contributed by atoms with Crippen LogP contribution >= 0.6 is 11.6 Å². The molecule has 0 fully saturated rings. The van der Waals surface area contributed by atoms with Crippen LogP contribution in [0.15, 0.2) is 34.9 Å². The molecule has 1 aromatic carbocycles. The molecule has 2 rings (SSSR count). The van der Waals surface area contributed by atoms with E-state index in [1.165, 1.54) is 0 Å². The van der Waals surface area contributed by atoms with Gasteiger partial charge in [0.1, 0.15) is 11.5 Å². The number of nitrogens with zero attached hydrogens (tertiary/aromatic N) is 1. The van der Waals surface area contributed by atoms with Crippen molar-refractivity contribution < 1.29 is 9.15 Å². The lowest BCUT2D eigenvalue weighted by Gasteiger charge is -1.99. The summed E-state index contributed by atoms with van der Waals surface area (Å²) < 4.78 is 10.5. The third-order valence-electron chi connectivity index (χ3n) is 1.62. The van der Waals surface area contributed by atoms with Crippen LogP contribution in [0.4, 0.5) is 0 Å². The largest absolute Gasteiger partial charge is 0.414 e. The molecule has 1 heterocycles. The molecule has 0 radical (unpaired) electrons. The Hall–Kier alpha value is -1.48. The number of aryl methyl sites for hydroxylation is 1. The summed E-state index contributed by atoms with van der Waals surface area (Å²) in [4.78, 5) is 3.91. The minimum atomic E-state index is 0.241. The zero-order valence-corrected chi connectivity index (χ0v) is 8.28. The van der Waals surface area contributed by atoms with Crippen molar-refractivity contribution >= 4 is 11.6 Å². The van der Waals surface area contributed by atoms with Gasteiger partial charge in [0.25, 0.3) is 0 Å². The number of hydrogen-bond donors (Lipinski definition) is 0. The molecule has 0 unspecified atom stereocenters. The average molecular weight is 210 g/mol. The summed E-state index contributed by atoms with van der Waals surface area (Å²) in [6.07, 6.45) is 1.84. The van der Waals surface area contributed by atoms with Crippen molar-refractivity contribution in [2.45, 2.75) is 6.92 Å². The molecule has 4 heteroatoms. The number of benzene rings is 1. The first-order chi connectivity index (χ1) is 6.74. The van der Waals surface area contributed by atoms with Gasteiger partial charge in [0.15, 0.2) is 0 Å². The van der Waals surface area contributed by atoms with Crippen LogP contribution in [-0.4, -0.2) is 4.98 Å². The zero-order valence-electron chi connectivity index (χ0n) is 7.53. The van der Waals surface area contributed by atoms with Crippen LogP contribution < -0.4 is 4.74 Å².